The van der Waals surface area contributed by atoms with Crippen molar-refractivity contribution < 1.29 is 17.6 Å². The van der Waals surface area contributed by atoms with Crippen molar-refractivity contribution in [3.05, 3.63) is 69.2 Å². The summed E-state index contributed by atoms with van der Waals surface area (Å²) in [5, 5.41) is -1.06. The van der Waals surface area contributed by atoms with Crippen molar-refractivity contribution in [1.82, 2.24) is 0 Å². The van der Waals surface area contributed by atoms with E-state index in [1.54, 1.807) is 0 Å². The summed E-state index contributed by atoms with van der Waals surface area (Å²) in [5.41, 5.74) is 0.140. The number of rotatable bonds is 2. The van der Waals surface area contributed by atoms with E-state index < -0.39 is 28.6 Å². The number of halogens is 6. The molecule has 1 atom stereocenters. The minimum absolute atomic E-state index is 0.215. The Morgan fingerprint density at radius 2 is 1.47 bits per heavy atom. The molecule has 0 saturated carbocycles. The molecule has 0 amide bonds. The van der Waals surface area contributed by atoms with Crippen LogP contribution in [0.5, 0.6) is 0 Å². The van der Waals surface area contributed by atoms with Crippen LogP contribution in [0.25, 0.3) is 0 Å². The third-order valence-electron chi connectivity index (χ3n) is 2.55. The smallest absolute Gasteiger partial charge is 0.161 e. The Hall–Kier alpha value is -1.07. The normalized spacial score (nSPS) is 12.5. The van der Waals surface area contributed by atoms with E-state index in [-0.39, 0.29) is 5.56 Å². The molecule has 1 unspecified atom stereocenters. The molecule has 100 valence electrons. The van der Waals surface area contributed by atoms with Crippen molar-refractivity contribution in [3.8, 4) is 0 Å². The molecule has 0 radical (unpaired) electrons. The van der Waals surface area contributed by atoms with Gasteiger partial charge in [0.05, 0.1) is 5.38 Å². The SMILES string of the molecule is Fc1ccc(C(Cl)c2cc(F)c(F)cc2F)c(Br)c1. The lowest BCUT2D eigenvalue weighted by atomic mass is 10.0. The van der Waals surface area contributed by atoms with Gasteiger partial charge in [0.1, 0.15) is 11.6 Å². The maximum Gasteiger partial charge on any atom is 0.161 e. The molecule has 2 rings (SSSR count). The number of alkyl halides is 1. The quantitative estimate of drug-likeness (QED) is 0.389. The van der Waals surface area contributed by atoms with E-state index in [0.717, 1.165) is 12.1 Å². The minimum atomic E-state index is -1.29. The topological polar surface area (TPSA) is 0 Å². The average Bonchev–Trinajstić information content (AvgIpc) is 2.33. The first-order chi connectivity index (χ1) is 8.90. The molecule has 2 aromatic rings. The zero-order valence-corrected chi connectivity index (χ0v) is 11.6. The molecule has 0 saturated heterocycles. The third-order valence-corrected chi connectivity index (χ3v) is 3.71. The fourth-order valence-electron chi connectivity index (χ4n) is 1.61. The maximum absolute atomic E-state index is 13.6. The molecular weight excluding hydrogens is 347 g/mol. The Balaban J connectivity index is 2.49. The molecule has 0 aromatic heterocycles. The van der Waals surface area contributed by atoms with Gasteiger partial charge in [0, 0.05) is 16.1 Å². The molecular formula is C13H6BrClF4. The third kappa shape index (κ3) is 2.92. The van der Waals surface area contributed by atoms with Crippen molar-refractivity contribution in [2.75, 3.05) is 0 Å². The van der Waals surface area contributed by atoms with Crippen LogP contribution in [0.15, 0.2) is 34.8 Å². The Kier molecular flexibility index (Phi) is 4.16. The molecule has 0 aliphatic rings. The highest BCUT2D eigenvalue weighted by Gasteiger charge is 2.20. The highest BCUT2D eigenvalue weighted by atomic mass is 79.9. The van der Waals surface area contributed by atoms with Crippen molar-refractivity contribution in [2.24, 2.45) is 0 Å². The van der Waals surface area contributed by atoms with E-state index in [9.17, 15) is 17.6 Å². The van der Waals surface area contributed by atoms with Crippen LogP contribution in [0.2, 0.25) is 0 Å². The van der Waals surface area contributed by atoms with E-state index in [2.05, 4.69) is 15.9 Å². The lowest BCUT2D eigenvalue weighted by Gasteiger charge is -2.13. The summed E-state index contributed by atoms with van der Waals surface area (Å²) in [6.45, 7) is 0. The predicted molar refractivity (Wildman–Crippen MR) is 68.1 cm³/mol. The van der Waals surface area contributed by atoms with E-state index >= 15 is 0 Å². The number of hydrogen-bond acceptors (Lipinski definition) is 0. The van der Waals surface area contributed by atoms with Crippen LogP contribution in [-0.2, 0) is 0 Å². The largest absolute Gasteiger partial charge is 0.207 e. The predicted octanol–water partition coefficient (Wildman–Crippen LogP) is 5.33. The van der Waals surface area contributed by atoms with Gasteiger partial charge in [-0.2, -0.15) is 0 Å². The molecule has 6 heteroatoms. The van der Waals surface area contributed by atoms with Crippen molar-refractivity contribution >= 4 is 27.5 Å². The van der Waals surface area contributed by atoms with Crippen LogP contribution < -0.4 is 0 Å². The first-order valence-electron chi connectivity index (χ1n) is 5.13. The molecule has 0 heterocycles. The van der Waals surface area contributed by atoms with Crippen LogP contribution in [0.4, 0.5) is 17.6 Å². The number of benzene rings is 2. The first-order valence-corrected chi connectivity index (χ1v) is 6.36. The van der Waals surface area contributed by atoms with Gasteiger partial charge in [0.15, 0.2) is 11.6 Å². The second-order valence-corrected chi connectivity index (χ2v) is 5.11. The van der Waals surface area contributed by atoms with E-state index in [1.807, 2.05) is 0 Å². The Morgan fingerprint density at radius 3 is 2.11 bits per heavy atom. The summed E-state index contributed by atoms with van der Waals surface area (Å²) in [7, 11) is 0. The summed E-state index contributed by atoms with van der Waals surface area (Å²) in [6, 6.07) is 4.77. The first kappa shape index (κ1) is 14.3. The van der Waals surface area contributed by atoms with Crippen molar-refractivity contribution in [1.29, 1.82) is 0 Å². The number of hydrogen-bond donors (Lipinski definition) is 0. The highest BCUT2D eigenvalue weighted by Crippen LogP contribution is 2.36. The van der Waals surface area contributed by atoms with Gasteiger partial charge in [-0.05, 0) is 23.8 Å². The maximum atomic E-state index is 13.6. The van der Waals surface area contributed by atoms with Crippen molar-refractivity contribution in [3.63, 3.8) is 0 Å². The summed E-state index contributed by atoms with van der Waals surface area (Å²) >= 11 is 9.13. The standard InChI is InChI=1S/C13H6BrClF4/c14-9-3-6(16)1-2-7(9)13(15)8-4-11(18)12(19)5-10(8)17/h1-5,13H. The molecule has 0 spiro atoms. The molecule has 0 fully saturated rings. The van der Waals surface area contributed by atoms with E-state index in [4.69, 9.17) is 11.6 Å². The van der Waals surface area contributed by atoms with Gasteiger partial charge in [0.25, 0.3) is 0 Å². The van der Waals surface area contributed by atoms with Gasteiger partial charge >= 0.3 is 0 Å². The van der Waals surface area contributed by atoms with Gasteiger partial charge in [-0.1, -0.05) is 22.0 Å². The van der Waals surface area contributed by atoms with E-state index in [0.29, 0.717) is 22.2 Å². The summed E-state index contributed by atoms with van der Waals surface area (Å²) in [4.78, 5) is 0. The van der Waals surface area contributed by atoms with Crippen LogP contribution >= 0.6 is 27.5 Å². The molecule has 0 aliphatic carbocycles. The molecule has 0 nitrogen and oxygen atoms in total. The molecule has 0 bridgehead atoms. The lowest BCUT2D eigenvalue weighted by molar-refractivity contribution is 0.490. The van der Waals surface area contributed by atoms with Crippen LogP contribution in [0.1, 0.15) is 16.5 Å². The van der Waals surface area contributed by atoms with Crippen LogP contribution in [0.3, 0.4) is 0 Å². The second-order valence-electron chi connectivity index (χ2n) is 3.82. The Labute approximate surface area is 120 Å². The van der Waals surface area contributed by atoms with Gasteiger partial charge in [-0.25, -0.2) is 17.6 Å². The van der Waals surface area contributed by atoms with Gasteiger partial charge < -0.3 is 0 Å². The van der Waals surface area contributed by atoms with Gasteiger partial charge in [0.2, 0.25) is 0 Å². The summed E-state index contributed by atoms with van der Waals surface area (Å²) in [5.74, 6) is -3.94. The average molecular weight is 354 g/mol. The zero-order chi connectivity index (χ0) is 14.2. The van der Waals surface area contributed by atoms with E-state index in [1.165, 1.54) is 6.07 Å². The lowest BCUT2D eigenvalue weighted by Crippen LogP contribution is -2.01. The fourth-order valence-corrected chi connectivity index (χ4v) is 2.68. The molecule has 2 aromatic carbocycles. The summed E-state index contributed by atoms with van der Waals surface area (Å²) in [6.07, 6.45) is 0. The zero-order valence-electron chi connectivity index (χ0n) is 9.23. The molecule has 0 aliphatic heterocycles. The second kappa shape index (κ2) is 5.51. The monoisotopic (exact) mass is 352 g/mol. The molecule has 19 heavy (non-hydrogen) atoms. The van der Waals surface area contributed by atoms with Gasteiger partial charge in [-0.3, -0.25) is 0 Å². The Bertz CT molecular complexity index is 630. The van der Waals surface area contributed by atoms with Crippen LogP contribution in [0, 0.1) is 23.3 Å². The minimum Gasteiger partial charge on any atom is -0.207 e. The van der Waals surface area contributed by atoms with Crippen LogP contribution in [-0.4, -0.2) is 0 Å². The summed E-state index contributed by atoms with van der Waals surface area (Å²) < 4.78 is 52.8. The van der Waals surface area contributed by atoms with Gasteiger partial charge in [-0.15, -0.1) is 11.6 Å². The Morgan fingerprint density at radius 1 is 0.842 bits per heavy atom. The highest BCUT2D eigenvalue weighted by molar-refractivity contribution is 9.10. The fraction of sp³-hybridized carbons (Fsp3) is 0.0769. The molecule has 0 N–H and O–H groups in total. The van der Waals surface area contributed by atoms with Crippen molar-refractivity contribution in [2.45, 2.75) is 5.38 Å².